The normalized spacial score (nSPS) is 11.6. The number of anilines is 1. The van der Waals surface area contributed by atoms with Crippen molar-refractivity contribution in [2.45, 2.75) is 11.6 Å². The van der Waals surface area contributed by atoms with Crippen LogP contribution in [0.2, 0.25) is 0 Å². The third kappa shape index (κ3) is 2.60. The SMILES string of the molecule is O=S(=O)(Nc1c(F)cc(F)cc1F)c1[nH]ncc1CO. The minimum absolute atomic E-state index is 0.0829. The Morgan fingerprint density at radius 3 is 2.40 bits per heavy atom. The van der Waals surface area contributed by atoms with E-state index in [-0.39, 0.29) is 5.56 Å². The zero-order valence-electron chi connectivity index (χ0n) is 9.69. The molecule has 2 rings (SSSR count). The fourth-order valence-electron chi connectivity index (χ4n) is 1.47. The molecule has 20 heavy (non-hydrogen) atoms. The van der Waals surface area contributed by atoms with Crippen molar-refractivity contribution in [3.8, 4) is 0 Å². The van der Waals surface area contributed by atoms with Crippen LogP contribution in [0.1, 0.15) is 5.56 Å². The van der Waals surface area contributed by atoms with Crippen molar-refractivity contribution in [2.75, 3.05) is 4.72 Å². The Hall–Kier alpha value is -2.07. The first-order valence-electron chi connectivity index (χ1n) is 5.15. The van der Waals surface area contributed by atoms with Gasteiger partial charge in [-0.2, -0.15) is 13.5 Å². The van der Waals surface area contributed by atoms with Gasteiger partial charge in [0.2, 0.25) is 0 Å². The molecule has 0 saturated carbocycles. The first-order valence-corrected chi connectivity index (χ1v) is 6.64. The first kappa shape index (κ1) is 14.3. The highest BCUT2D eigenvalue weighted by Crippen LogP contribution is 2.24. The molecule has 108 valence electrons. The van der Waals surface area contributed by atoms with Gasteiger partial charge < -0.3 is 5.11 Å². The second-order valence-corrected chi connectivity index (χ2v) is 5.35. The van der Waals surface area contributed by atoms with Crippen LogP contribution in [0.5, 0.6) is 0 Å². The summed E-state index contributed by atoms with van der Waals surface area (Å²) in [6.07, 6.45) is 1.05. The molecule has 10 heteroatoms. The summed E-state index contributed by atoms with van der Waals surface area (Å²) >= 11 is 0. The van der Waals surface area contributed by atoms with Crippen LogP contribution in [0.15, 0.2) is 23.4 Å². The van der Waals surface area contributed by atoms with Gasteiger partial charge in [0.25, 0.3) is 10.0 Å². The fourth-order valence-corrected chi connectivity index (χ4v) is 2.67. The summed E-state index contributed by atoms with van der Waals surface area (Å²) in [5.41, 5.74) is -1.11. The number of nitrogens with zero attached hydrogens (tertiary/aromatic N) is 1. The average Bonchev–Trinajstić information content (AvgIpc) is 2.83. The second kappa shape index (κ2) is 5.13. The molecule has 0 unspecified atom stereocenters. The molecule has 0 aliphatic carbocycles. The smallest absolute Gasteiger partial charge is 0.279 e. The van der Waals surface area contributed by atoms with Crippen molar-refractivity contribution < 1.29 is 26.7 Å². The Morgan fingerprint density at radius 2 is 1.85 bits per heavy atom. The van der Waals surface area contributed by atoms with Gasteiger partial charge >= 0.3 is 0 Å². The quantitative estimate of drug-likeness (QED) is 0.789. The van der Waals surface area contributed by atoms with Crippen LogP contribution in [0.4, 0.5) is 18.9 Å². The Bertz CT molecular complexity index is 722. The lowest BCUT2D eigenvalue weighted by Gasteiger charge is -2.09. The van der Waals surface area contributed by atoms with Crippen LogP contribution in [-0.4, -0.2) is 23.7 Å². The number of aliphatic hydroxyl groups excluding tert-OH is 1. The molecule has 0 spiro atoms. The summed E-state index contributed by atoms with van der Waals surface area (Å²) < 4.78 is 64.9. The fraction of sp³-hybridized carbons (Fsp3) is 0.100. The largest absolute Gasteiger partial charge is 0.392 e. The highest BCUT2D eigenvalue weighted by atomic mass is 32.2. The zero-order valence-corrected chi connectivity index (χ0v) is 10.5. The molecule has 0 saturated heterocycles. The number of benzene rings is 1. The minimum Gasteiger partial charge on any atom is -0.392 e. The van der Waals surface area contributed by atoms with Crippen molar-refractivity contribution >= 4 is 15.7 Å². The number of sulfonamides is 1. The molecule has 0 amide bonds. The summed E-state index contributed by atoms with van der Waals surface area (Å²) in [6.45, 7) is -0.638. The number of hydrogen-bond acceptors (Lipinski definition) is 4. The molecule has 3 N–H and O–H groups in total. The minimum atomic E-state index is -4.40. The second-order valence-electron chi connectivity index (χ2n) is 3.73. The molecule has 1 heterocycles. The lowest BCUT2D eigenvalue weighted by Crippen LogP contribution is -2.17. The van der Waals surface area contributed by atoms with E-state index in [9.17, 15) is 21.6 Å². The third-order valence-corrected chi connectivity index (χ3v) is 3.72. The van der Waals surface area contributed by atoms with Crippen molar-refractivity contribution in [3.05, 3.63) is 41.3 Å². The van der Waals surface area contributed by atoms with Crippen molar-refractivity contribution in [1.29, 1.82) is 0 Å². The molecule has 1 aromatic heterocycles. The maximum absolute atomic E-state index is 13.4. The van der Waals surface area contributed by atoms with E-state index in [4.69, 9.17) is 5.11 Å². The van der Waals surface area contributed by atoms with Crippen molar-refractivity contribution in [1.82, 2.24) is 10.2 Å². The molecule has 0 aliphatic heterocycles. The van der Waals surface area contributed by atoms with E-state index in [1.807, 2.05) is 0 Å². The van der Waals surface area contributed by atoms with E-state index < -0.39 is 44.8 Å². The molecular formula is C10H8F3N3O3S. The van der Waals surface area contributed by atoms with E-state index in [0.29, 0.717) is 12.1 Å². The molecule has 1 aromatic carbocycles. The van der Waals surface area contributed by atoms with Crippen LogP contribution in [0, 0.1) is 17.5 Å². The molecule has 2 aromatic rings. The van der Waals surface area contributed by atoms with Gasteiger partial charge in [-0.25, -0.2) is 13.2 Å². The summed E-state index contributed by atoms with van der Waals surface area (Å²) in [5, 5.41) is 13.9. The van der Waals surface area contributed by atoms with Crippen LogP contribution < -0.4 is 4.72 Å². The van der Waals surface area contributed by atoms with Gasteiger partial charge in [0.1, 0.15) is 11.5 Å². The average molecular weight is 307 g/mol. The van der Waals surface area contributed by atoms with E-state index in [1.165, 1.54) is 0 Å². The summed E-state index contributed by atoms with van der Waals surface area (Å²) in [7, 11) is -4.40. The Balaban J connectivity index is 2.44. The van der Waals surface area contributed by atoms with Crippen LogP contribution in [0.25, 0.3) is 0 Å². The van der Waals surface area contributed by atoms with Crippen LogP contribution >= 0.6 is 0 Å². The standard InChI is InChI=1S/C10H8F3N3O3S/c11-6-1-7(12)9(8(13)2-6)16-20(18,19)10-5(4-17)3-14-15-10/h1-3,16-17H,4H2,(H,14,15). The summed E-state index contributed by atoms with van der Waals surface area (Å²) in [6, 6.07) is 0.668. The lowest BCUT2D eigenvalue weighted by atomic mass is 10.3. The molecular weight excluding hydrogens is 299 g/mol. The van der Waals surface area contributed by atoms with Gasteiger partial charge in [-0.15, -0.1) is 0 Å². The Morgan fingerprint density at radius 1 is 1.25 bits per heavy atom. The molecule has 0 fully saturated rings. The predicted octanol–water partition coefficient (Wildman–Crippen LogP) is 1.12. The van der Waals surface area contributed by atoms with Gasteiger partial charge in [-0.3, -0.25) is 9.82 Å². The maximum Gasteiger partial charge on any atom is 0.279 e. The molecule has 0 bridgehead atoms. The third-order valence-electron chi connectivity index (χ3n) is 2.36. The van der Waals surface area contributed by atoms with Crippen molar-refractivity contribution in [2.24, 2.45) is 0 Å². The van der Waals surface area contributed by atoms with E-state index in [0.717, 1.165) is 6.20 Å². The predicted molar refractivity (Wildman–Crippen MR) is 61.6 cm³/mol. The topological polar surface area (TPSA) is 95.1 Å². The zero-order chi connectivity index (χ0) is 14.9. The van der Waals surface area contributed by atoms with E-state index in [2.05, 4.69) is 10.2 Å². The number of halogens is 3. The lowest BCUT2D eigenvalue weighted by molar-refractivity contribution is 0.278. The number of aliphatic hydroxyl groups is 1. The van der Waals surface area contributed by atoms with Crippen LogP contribution in [0.3, 0.4) is 0 Å². The first-order chi connectivity index (χ1) is 9.35. The maximum atomic E-state index is 13.4. The number of aromatic nitrogens is 2. The van der Waals surface area contributed by atoms with Gasteiger partial charge in [0.15, 0.2) is 16.7 Å². The number of hydrogen-bond donors (Lipinski definition) is 3. The van der Waals surface area contributed by atoms with E-state index >= 15 is 0 Å². The number of H-pyrrole nitrogens is 1. The molecule has 6 nitrogen and oxygen atoms in total. The Kier molecular flexibility index (Phi) is 3.68. The number of nitrogens with one attached hydrogen (secondary N) is 2. The molecule has 0 radical (unpaired) electrons. The van der Waals surface area contributed by atoms with Crippen molar-refractivity contribution in [3.63, 3.8) is 0 Å². The molecule has 0 atom stereocenters. The van der Waals surface area contributed by atoms with Gasteiger partial charge in [0.05, 0.1) is 12.8 Å². The Labute approximate surface area is 111 Å². The van der Waals surface area contributed by atoms with Gasteiger partial charge in [-0.05, 0) is 0 Å². The number of aromatic amines is 1. The van der Waals surface area contributed by atoms with Gasteiger partial charge in [-0.1, -0.05) is 0 Å². The van der Waals surface area contributed by atoms with E-state index in [1.54, 1.807) is 4.72 Å². The molecule has 0 aliphatic rings. The monoisotopic (exact) mass is 307 g/mol. The van der Waals surface area contributed by atoms with Gasteiger partial charge in [0, 0.05) is 17.7 Å². The number of rotatable bonds is 4. The highest BCUT2D eigenvalue weighted by molar-refractivity contribution is 7.92. The summed E-state index contributed by atoms with van der Waals surface area (Å²) in [5.74, 6) is -3.99. The highest BCUT2D eigenvalue weighted by Gasteiger charge is 2.24. The summed E-state index contributed by atoms with van der Waals surface area (Å²) in [4.78, 5) is 0. The van der Waals surface area contributed by atoms with Crippen LogP contribution in [-0.2, 0) is 16.6 Å².